The molecule has 5 nitrogen and oxygen atoms in total. The monoisotopic (exact) mass is 331 g/mol. The highest BCUT2D eigenvalue weighted by molar-refractivity contribution is 7.87. The lowest BCUT2D eigenvalue weighted by Crippen LogP contribution is -2.12. The number of ether oxygens (including phenoxy) is 1. The molecule has 0 aliphatic rings. The van der Waals surface area contributed by atoms with Crippen molar-refractivity contribution < 1.29 is 17.3 Å². The fraction of sp³-hybridized carbons (Fsp3) is 0.235. The lowest BCUT2D eigenvalue weighted by atomic mass is 10.2. The Balaban J connectivity index is 2.45. The molecule has 2 aromatic rings. The molecule has 6 heteroatoms. The number of rotatable bonds is 5. The molecular formula is C17H17NO4S. The Morgan fingerprint density at radius 2 is 1.83 bits per heavy atom. The molecule has 0 spiro atoms. The first-order chi connectivity index (χ1) is 10.9. The van der Waals surface area contributed by atoms with E-state index in [1.807, 2.05) is 19.1 Å². The summed E-state index contributed by atoms with van der Waals surface area (Å²) < 4.78 is 35.7. The van der Waals surface area contributed by atoms with E-state index in [0.29, 0.717) is 17.7 Å². The highest BCUT2D eigenvalue weighted by Gasteiger charge is 2.21. The first-order valence-electron chi connectivity index (χ1n) is 7.06. The molecule has 2 aromatic carbocycles. The fourth-order valence-electron chi connectivity index (χ4n) is 2.05. The fourth-order valence-corrected chi connectivity index (χ4v) is 3.31. The summed E-state index contributed by atoms with van der Waals surface area (Å²) >= 11 is 0. The number of benzene rings is 2. The van der Waals surface area contributed by atoms with Crippen LogP contribution in [0.4, 0.5) is 0 Å². The third-order valence-corrected chi connectivity index (χ3v) is 4.56. The Labute approximate surface area is 136 Å². The third-order valence-electron chi connectivity index (χ3n) is 3.19. The molecule has 120 valence electrons. The molecule has 0 aromatic heterocycles. The SMILES string of the molecule is CCOc1cc(C#N)ccc1OS(=O)(=O)c1cc(C)ccc1C. The minimum absolute atomic E-state index is 0.0618. The van der Waals surface area contributed by atoms with Crippen LogP contribution in [0, 0.1) is 25.2 Å². The molecule has 0 fully saturated rings. The molecule has 0 aliphatic heterocycles. The van der Waals surface area contributed by atoms with Crippen LogP contribution in [0.25, 0.3) is 0 Å². The van der Waals surface area contributed by atoms with E-state index in [1.54, 1.807) is 26.0 Å². The second kappa shape index (κ2) is 6.71. The van der Waals surface area contributed by atoms with Crippen molar-refractivity contribution in [1.82, 2.24) is 0 Å². The molecule has 0 amide bonds. The molecule has 2 rings (SSSR count). The molecular weight excluding hydrogens is 314 g/mol. The van der Waals surface area contributed by atoms with Crippen molar-refractivity contribution >= 4 is 10.1 Å². The predicted octanol–water partition coefficient (Wildman–Crippen LogP) is 3.34. The molecule has 23 heavy (non-hydrogen) atoms. The quantitative estimate of drug-likeness (QED) is 0.785. The van der Waals surface area contributed by atoms with E-state index in [1.165, 1.54) is 18.2 Å². The first kappa shape index (κ1) is 16.8. The molecule has 0 aliphatic carbocycles. The summed E-state index contributed by atoms with van der Waals surface area (Å²) in [6.07, 6.45) is 0. The summed E-state index contributed by atoms with van der Waals surface area (Å²) in [6.45, 7) is 5.61. The molecule has 0 atom stereocenters. The minimum Gasteiger partial charge on any atom is -0.490 e. The molecule has 0 unspecified atom stereocenters. The highest BCUT2D eigenvalue weighted by atomic mass is 32.2. The number of aryl methyl sites for hydroxylation is 2. The molecule has 0 N–H and O–H groups in total. The van der Waals surface area contributed by atoms with Gasteiger partial charge in [-0.15, -0.1) is 0 Å². The van der Waals surface area contributed by atoms with E-state index in [9.17, 15) is 8.42 Å². The Morgan fingerprint density at radius 3 is 2.48 bits per heavy atom. The lowest BCUT2D eigenvalue weighted by Gasteiger charge is -2.13. The zero-order chi connectivity index (χ0) is 17.0. The van der Waals surface area contributed by atoms with Crippen LogP contribution in [-0.4, -0.2) is 15.0 Å². The predicted molar refractivity (Wildman–Crippen MR) is 86.1 cm³/mol. The maximum Gasteiger partial charge on any atom is 0.339 e. The van der Waals surface area contributed by atoms with Gasteiger partial charge in [0.05, 0.1) is 18.2 Å². The van der Waals surface area contributed by atoms with E-state index < -0.39 is 10.1 Å². The van der Waals surface area contributed by atoms with Gasteiger partial charge in [-0.05, 0) is 50.1 Å². The first-order valence-corrected chi connectivity index (χ1v) is 8.47. The largest absolute Gasteiger partial charge is 0.490 e. The number of nitrogens with zero attached hydrogens (tertiary/aromatic N) is 1. The van der Waals surface area contributed by atoms with Gasteiger partial charge in [-0.25, -0.2) is 0 Å². The zero-order valence-electron chi connectivity index (χ0n) is 13.2. The van der Waals surface area contributed by atoms with Crippen molar-refractivity contribution in [3.63, 3.8) is 0 Å². The summed E-state index contributed by atoms with van der Waals surface area (Å²) in [4.78, 5) is 0.115. The molecule has 0 heterocycles. The van der Waals surface area contributed by atoms with Gasteiger partial charge in [-0.1, -0.05) is 12.1 Å². The Hall–Kier alpha value is -2.52. The highest BCUT2D eigenvalue weighted by Crippen LogP contribution is 2.31. The lowest BCUT2D eigenvalue weighted by molar-refractivity contribution is 0.327. The van der Waals surface area contributed by atoms with Crippen LogP contribution in [0.15, 0.2) is 41.3 Å². The summed E-state index contributed by atoms with van der Waals surface area (Å²) in [5, 5.41) is 8.93. The zero-order valence-corrected chi connectivity index (χ0v) is 14.0. The normalized spacial score (nSPS) is 10.9. The maximum absolute atomic E-state index is 12.5. The Morgan fingerprint density at radius 1 is 1.09 bits per heavy atom. The number of hydrogen-bond acceptors (Lipinski definition) is 5. The van der Waals surface area contributed by atoms with Gasteiger partial charge in [-0.2, -0.15) is 13.7 Å². The number of hydrogen-bond donors (Lipinski definition) is 0. The van der Waals surface area contributed by atoms with Gasteiger partial charge in [0, 0.05) is 6.07 Å². The van der Waals surface area contributed by atoms with E-state index in [0.717, 1.165) is 5.56 Å². The van der Waals surface area contributed by atoms with Crippen molar-refractivity contribution in [1.29, 1.82) is 5.26 Å². The van der Waals surface area contributed by atoms with Crippen molar-refractivity contribution in [3.05, 3.63) is 53.1 Å². The summed E-state index contributed by atoms with van der Waals surface area (Å²) in [7, 11) is -3.99. The topological polar surface area (TPSA) is 76.4 Å². The van der Waals surface area contributed by atoms with Gasteiger partial charge in [-0.3, -0.25) is 0 Å². The van der Waals surface area contributed by atoms with E-state index in [-0.39, 0.29) is 16.4 Å². The standard InChI is InChI=1S/C17H17NO4S/c1-4-21-16-10-14(11-18)7-8-15(16)22-23(19,20)17-9-12(2)5-6-13(17)3/h5-10H,4H2,1-3H3. The summed E-state index contributed by atoms with van der Waals surface area (Å²) in [5.41, 5.74) is 1.79. The van der Waals surface area contributed by atoms with Crippen LogP contribution in [0.1, 0.15) is 23.6 Å². The average Bonchev–Trinajstić information content (AvgIpc) is 2.51. The number of nitriles is 1. The Bertz CT molecular complexity index is 867. The van der Waals surface area contributed by atoms with Crippen LogP contribution >= 0.6 is 0 Å². The summed E-state index contributed by atoms with van der Waals surface area (Å²) in [6, 6.07) is 11.5. The van der Waals surface area contributed by atoms with Crippen LogP contribution in [0.3, 0.4) is 0 Å². The van der Waals surface area contributed by atoms with Gasteiger partial charge in [0.15, 0.2) is 11.5 Å². The van der Waals surface area contributed by atoms with Crippen molar-refractivity contribution in [2.45, 2.75) is 25.7 Å². The summed E-state index contributed by atoms with van der Waals surface area (Å²) in [5.74, 6) is 0.284. The third kappa shape index (κ3) is 3.82. The van der Waals surface area contributed by atoms with Crippen molar-refractivity contribution in [2.75, 3.05) is 6.61 Å². The van der Waals surface area contributed by atoms with Crippen LogP contribution < -0.4 is 8.92 Å². The van der Waals surface area contributed by atoms with E-state index in [2.05, 4.69) is 0 Å². The smallest absolute Gasteiger partial charge is 0.339 e. The molecule has 0 radical (unpaired) electrons. The maximum atomic E-state index is 12.5. The van der Waals surface area contributed by atoms with Gasteiger partial charge < -0.3 is 8.92 Å². The second-order valence-corrected chi connectivity index (χ2v) is 6.53. The second-order valence-electron chi connectivity index (χ2n) is 5.01. The van der Waals surface area contributed by atoms with Crippen LogP contribution in [-0.2, 0) is 10.1 Å². The van der Waals surface area contributed by atoms with Crippen molar-refractivity contribution in [2.24, 2.45) is 0 Å². The van der Waals surface area contributed by atoms with Gasteiger partial charge in [0.2, 0.25) is 0 Å². The van der Waals surface area contributed by atoms with Gasteiger partial charge in [0.25, 0.3) is 0 Å². The minimum atomic E-state index is -3.99. The van der Waals surface area contributed by atoms with Gasteiger partial charge >= 0.3 is 10.1 Å². The average molecular weight is 331 g/mol. The van der Waals surface area contributed by atoms with E-state index in [4.69, 9.17) is 14.2 Å². The van der Waals surface area contributed by atoms with E-state index >= 15 is 0 Å². The van der Waals surface area contributed by atoms with Gasteiger partial charge in [0.1, 0.15) is 4.90 Å². The molecule has 0 saturated heterocycles. The van der Waals surface area contributed by atoms with Crippen LogP contribution in [0.2, 0.25) is 0 Å². The van der Waals surface area contributed by atoms with Crippen LogP contribution in [0.5, 0.6) is 11.5 Å². The Kier molecular flexibility index (Phi) is 4.92. The molecule has 0 bridgehead atoms. The van der Waals surface area contributed by atoms with Crippen molar-refractivity contribution in [3.8, 4) is 17.6 Å². The molecule has 0 saturated carbocycles.